The van der Waals surface area contributed by atoms with Crippen molar-refractivity contribution in [3.63, 3.8) is 0 Å². The van der Waals surface area contributed by atoms with Gasteiger partial charge in [-0.05, 0) is 49.9 Å². The first kappa shape index (κ1) is 17.8. The molecule has 0 radical (unpaired) electrons. The van der Waals surface area contributed by atoms with Crippen LogP contribution >= 0.6 is 0 Å². The van der Waals surface area contributed by atoms with Crippen LogP contribution in [0.3, 0.4) is 0 Å². The second-order valence-corrected chi connectivity index (χ2v) is 7.84. The zero-order valence-corrected chi connectivity index (χ0v) is 16.2. The summed E-state index contributed by atoms with van der Waals surface area (Å²) in [5, 5.41) is 28.7. The predicted molar refractivity (Wildman–Crippen MR) is 109 cm³/mol. The van der Waals surface area contributed by atoms with E-state index in [0.717, 1.165) is 29.8 Å². The van der Waals surface area contributed by atoms with E-state index in [4.69, 9.17) is 0 Å². The molecule has 2 aliphatic rings. The number of hydrogen-bond acceptors (Lipinski definition) is 7. The number of hydrogen-bond donors (Lipinski definition) is 2. The van der Waals surface area contributed by atoms with Crippen LogP contribution in [-0.2, 0) is 0 Å². The highest BCUT2D eigenvalue weighted by atomic mass is 15.3. The molecule has 1 unspecified atom stereocenters. The fourth-order valence-corrected chi connectivity index (χ4v) is 4.50. The van der Waals surface area contributed by atoms with E-state index in [1.54, 1.807) is 12.4 Å². The van der Waals surface area contributed by atoms with E-state index >= 15 is 0 Å². The van der Waals surface area contributed by atoms with E-state index < -0.39 is 0 Å². The maximum atomic E-state index is 9.51. The lowest BCUT2D eigenvalue weighted by Crippen LogP contribution is -2.47. The van der Waals surface area contributed by atoms with Crippen LogP contribution in [0.5, 0.6) is 0 Å². The fourth-order valence-electron chi connectivity index (χ4n) is 4.50. The van der Waals surface area contributed by atoms with Crippen molar-refractivity contribution in [1.29, 1.82) is 5.26 Å². The van der Waals surface area contributed by atoms with Gasteiger partial charge in [-0.15, -0.1) is 10.2 Å². The Balaban J connectivity index is 1.37. The monoisotopic (exact) mass is 386 g/mol. The standard InChI is InChI=1S/C21H22N8/c1-29(16-8-14-2-3-15(9-16)25-14)21-7-6-19(27-28-21)18-5-4-17(20(10-22)26-18)13-11-23-24-12-13/h4-7,11-12,14-16,25H,2-3,8-9H2,1H3,(H,23,24)/t14-,15+,16?. The van der Waals surface area contributed by atoms with Gasteiger partial charge in [0.2, 0.25) is 0 Å². The van der Waals surface area contributed by atoms with Gasteiger partial charge in [-0.3, -0.25) is 5.10 Å². The Morgan fingerprint density at radius 2 is 1.86 bits per heavy atom. The Morgan fingerprint density at radius 1 is 1.07 bits per heavy atom. The topological polar surface area (TPSA) is 106 Å². The highest BCUT2D eigenvalue weighted by molar-refractivity contribution is 5.70. The molecule has 0 aromatic carbocycles. The molecule has 3 aromatic rings. The Morgan fingerprint density at radius 3 is 2.52 bits per heavy atom. The Labute approximate surface area is 169 Å². The highest BCUT2D eigenvalue weighted by Crippen LogP contribution is 2.31. The van der Waals surface area contributed by atoms with Crippen molar-refractivity contribution in [1.82, 2.24) is 30.7 Å². The number of aromatic nitrogens is 5. The number of nitriles is 1. The summed E-state index contributed by atoms with van der Waals surface area (Å²) in [7, 11) is 2.10. The van der Waals surface area contributed by atoms with E-state index in [2.05, 4.69) is 48.7 Å². The molecule has 2 saturated heterocycles. The molecule has 2 aliphatic heterocycles. The van der Waals surface area contributed by atoms with Gasteiger partial charge < -0.3 is 10.2 Å². The minimum Gasteiger partial charge on any atom is -0.355 e. The zero-order chi connectivity index (χ0) is 19.8. The average molecular weight is 386 g/mol. The van der Waals surface area contributed by atoms with Gasteiger partial charge in [-0.2, -0.15) is 10.4 Å². The van der Waals surface area contributed by atoms with Crippen molar-refractivity contribution in [3.8, 4) is 28.6 Å². The fraction of sp³-hybridized carbons (Fsp3) is 0.381. The van der Waals surface area contributed by atoms with Crippen molar-refractivity contribution >= 4 is 5.82 Å². The quantitative estimate of drug-likeness (QED) is 0.709. The summed E-state index contributed by atoms with van der Waals surface area (Å²) in [6.45, 7) is 0. The van der Waals surface area contributed by atoms with Crippen LogP contribution in [0.15, 0.2) is 36.7 Å². The van der Waals surface area contributed by atoms with Gasteiger partial charge in [0.25, 0.3) is 0 Å². The Hall–Kier alpha value is -3.31. The van der Waals surface area contributed by atoms with Gasteiger partial charge >= 0.3 is 0 Å². The van der Waals surface area contributed by atoms with Crippen LogP contribution in [0, 0.1) is 11.3 Å². The maximum absolute atomic E-state index is 9.51. The molecule has 0 amide bonds. The van der Waals surface area contributed by atoms with E-state index in [-0.39, 0.29) is 0 Å². The molecule has 5 rings (SSSR count). The summed E-state index contributed by atoms with van der Waals surface area (Å²) in [4.78, 5) is 6.73. The van der Waals surface area contributed by atoms with Crippen molar-refractivity contribution in [2.75, 3.05) is 11.9 Å². The van der Waals surface area contributed by atoms with Crippen LogP contribution in [-0.4, -0.2) is 50.6 Å². The third-order valence-corrected chi connectivity index (χ3v) is 6.08. The number of rotatable bonds is 4. The number of nitrogens with zero attached hydrogens (tertiary/aromatic N) is 6. The molecule has 3 atom stereocenters. The molecule has 146 valence electrons. The van der Waals surface area contributed by atoms with Crippen LogP contribution in [0.1, 0.15) is 31.4 Å². The zero-order valence-electron chi connectivity index (χ0n) is 16.2. The molecule has 2 fully saturated rings. The lowest BCUT2D eigenvalue weighted by molar-refractivity contribution is 0.353. The van der Waals surface area contributed by atoms with Crippen LogP contribution in [0.4, 0.5) is 5.82 Å². The van der Waals surface area contributed by atoms with Crippen molar-refractivity contribution in [3.05, 3.63) is 42.4 Å². The Bertz CT molecular complexity index is 1030. The molecule has 5 heterocycles. The molecule has 0 spiro atoms. The molecular weight excluding hydrogens is 364 g/mol. The number of aromatic amines is 1. The molecule has 2 bridgehead atoms. The van der Waals surface area contributed by atoms with Gasteiger partial charge in [-0.25, -0.2) is 4.98 Å². The summed E-state index contributed by atoms with van der Waals surface area (Å²) in [6.07, 6.45) is 8.28. The summed E-state index contributed by atoms with van der Waals surface area (Å²) in [5.74, 6) is 0.871. The van der Waals surface area contributed by atoms with E-state index in [1.807, 2.05) is 24.3 Å². The number of anilines is 1. The molecule has 8 heteroatoms. The van der Waals surface area contributed by atoms with Crippen molar-refractivity contribution in [2.45, 2.75) is 43.8 Å². The Kier molecular flexibility index (Phi) is 4.45. The smallest absolute Gasteiger partial charge is 0.151 e. The molecular formula is C21H22N8. The molecule has 0 saturated carbocycles. The van der Waals surface area contributed by atoms with E-state index in [1.165, 1.54) is 12.8 Å². The van der Waals surface area contributed by atoms with Crippen LogP contribution in [0.25, 0.3) is 22.5 Å². The number of piperidine rings is 1. The lowest BCUT2D eigenvalue weighted by Gasteiger charge is -2.36. The number of H-pyrrole nitrogens is 1. The minimum atomic E-state index is 0.345. The van der Waals surface area contributed by atoms with Crippen LogP contribution in [0.2, 0.25) is 0 Å². The van der Waals surface area contributed by atoms with E-state index in [9.17, 15) is 5.26 Å². The van der Waals surface area contributed by atoms with Gasteiger partial charge in [0.15, 0.2) is 5.82 Å². The largest absolute Gasteiger partial charge is 0.355 e. The number of pyridine rings is 1. The van der Waals surface area contributed by atoms with E-state index in [0.29, 0.717) is 35.2 Å². The minimum absolute atomic E-state index is 0.345. The van der Waals surface area contributed by atoms with Crippen LogP contribution < -0.4 is 10.2 Å². The first-order chi connectivity index (χ1) is 14.2. The third kappa shape index (κ3) is 3.34. The second kappa shape index (κ2) is 7.26. The summed E-state index contributed by atoms with van der Waals surface area (Å²) >= 11 is 0. The lowest BCUT2D eigenvalue weighted by atomic mass is 9.98. The summed E-state index contributed by atoms with van der Waals surface area (Å²) in [6, 6.07) is 11.6. The van der Waals surface area contributed by atoms with Gasteiger partial charge in [0, 0.05) is 42.5 Å². The summed E-state index contributed by atoms with van der Waals surface area (Å²) < 4.78 is 0. The first-order valence-corrected chi connectivity index (χ1v) is 9.94. The first-order valence-electron chi connectivity index (χ1n) is 9.94. The summed E-state index contributed by atoms with van der Waals surface area (Å²) in [5.41, 5.74) is 3.21. The molecule has 8 nitrogen and oxygen atoms in total. The maximum Gasteiger partial charge on any atom is 0.151 e. The molecule has 3 aromatic heterocycles. The second-order valence-electron chi connectivity index (χ2n) is 7.84. The predicted octanol–water partition coefficient (Wildman–Crippen LogP) is 2.52. The average Bonchev–Trinajstić information content (AvgIpc) is 3.42. The van der Waals surface area contributed by atoms with Gasteiger partial charge in [0.05, 0.1) is 11.9 Å². The SMILES string of the molecule is CN(c1ccc(-c2ccc(-c3cn[nH]c3)c(C#N)n2)nn1)C1C[C@H]2CC[C@@H](C1)N2. The number of fused-ring (bicyclic) bond motifs is 2. The highest BCUT2D eigenvalue weighted by Gasteiger charge is 2.35. The van der Waals surface area contributed by atoms with Crippen molar-refractivity contribution in [2.24, 2.45) is 0 Å². The third-order valence-electron chi connectivity index (χ3n) is 6.08. The van der Waals surface area contributed by atoms with Gasteiger partial charge in [-0.1, -0.05) is 0 Å². The van der Waals surface area contributed by atoms with Gasteiger partial charge in [0.1, 0.15) is 17.5 Å². The molecule has 0 aliphatic carbocycles. The molecule has 29 heavy (non-hydrogen) atoms. The number of nitrogens with one attached hydrogen (secondary N) is 2. The van der Waals surface area contributed by atoms with Crippen molar-refractivity contribution < 1.29 is 0 Å². The normalized spacial score (nSPS) is 23.0. The molecule has 2 N–H and O–H groups in total.